The topological polar surface area (TPSA) is 40.5 Å². The highest BCUT2D eigenvalue weighted by Gasteiger charge is 2.19. The molecule has 1 atom stereocenters. The molecule has 2 rings (SSSR count). The molecule has 1 fully saturated rings. The standard InChI is InChI=1S/C16H23NO2/c1-12(16(18)19)14-9-7-13(8-10-14)11-17(2)15-5-3-4-6-15/h7-10,12,15H,3-6,11H2,1-2H3,(H,18,19). The van der Waals surface area contributed by atoms with Crippen LogP contribution in [0.3, 0.4) is 0 Å². The van der Waals surface area contributed by atoms with Crippen LogP contribution in [0.25, 0.3) is 0 Å². The van der Waals surface area contributed by atoms with Gasteiger partial charge >= 0.3 is 5.97 Å². The van der Waals surface area contributed by atoms with E-state index in [2.05, 4.69) is 24.1 Å². The Labute approximate surface area is 115 Å². The number of rotatable bonds is 5. The second-order valence-corrected chi connectivity index (χ2v) is 5.65. The Morgan fingerprint density at radius 1 is 1.32 bits per heavy atom. The maximum atomic E-state index is 10.9. The summed E-state index contributed by atoms with van der Waals surface area (Å²) in [7, 11) is 2.18. The summed E-state index contributed by atoms with van der Waals surface area (Å²) >= 11 is 0. The monoisotopic (exact) mass is 261 g/mol. The van der Waals surface area contributed by atoms with E-state index in [1.54, 1.807) is 6.92 Å². The molecule has 0 saturated heterocycles. The SMILES string of the molecule is CC(C(=O)O)c1ccc(CN(C)C2CCCC2)cc1. The number of benzene rings is 1. The van der Waals surface area contributed by atoms with E-state index in [0.29, 0.717) is 0 Å². The van der Waals surface area contributed by atoms with Crippen molar-refractivity contribution < 1.29 is 9.90 Å². The van der Waals surface area contributed by atoms with Crippen molar-refractivity contribution in [3.63, 3.8) is 0 Å². The minimum atomic E-state index is -0.768. The maximum Gasteiger partial charge on any atom is 0.310 e. The number of hydrogen-bond donors (Lipinski definition) is 1. The van der Waals surface area contributed by atoms with E-state index >= 15 is 0 Å². The van der Waals surface area contributed by atoms with E-state index in [1.165, 1.54) is 31.2 Å². The first kappa shape index (κ1) is 14.1. The molecular formula is C16H23NO2. The zero-order valence-corrected chi connectivity index (χ0v) is 11.8. The lowest BCUT2D eigenvalue weighted by molar-refractivity contribution is -0.138. The van der Waals surface area contributed by atoms with Crippen molar-refractivity contribution in [3.8, 4) is 0 Å². The zero-order valence-electron chi connectivity index (χ0n) is 11.8. The van der Waals surface area contributed by atoms with Gasteiger partial charge in [0.05, 0.1) is 5.92 Å². The number of aliphatic carboxylic acids is 1. The van der Waals surface area contributed by atoms with Crippen molar-refractivity contribution in [2.24, 2.45) is 0 Å². The van der Waals surface area contributed by atoms with E-state index in [0.717, 1.165) is 18.2 Å². The largest absolute Gasteiger partial charge is 0.481 e. The van der Waals surface area contributed by atoms with Gasteiger partial charge in [-0.05, 0) is 37.9 Å². The first-order valence-corrected chi connectivity index (χ1v) is 7.10. The van der Waals surface area contributed by atoms with Crippen LogP contribution < -0.4 is 0 Å². The average molecular weight is 261 g/mol. The van der Waals surface area contributed by atoms with Crippen LogP contribution in [0.4, 0.5) is 0 Å². The Kier molecular flexibility index (Phi) is 4.59. The second kappa shape index (κ2) is 6.20. The number of carbonyl (C=O) groups is 1. The summed E-state index contributed by atoms with van der Waals surface area (Å²) in [6.07, 6.45) is 5.32. The summed E-state index contributed by atoms with van der Waals surface area (Å²) < 4.78 is 0. The van der Waals surface area contributed by atoms with Crippen molar-refractivity contribution >= 4 is 5.97 Å². The van der Waals surface area contributed by atoms with E-state index in [9.17, 15) is 4.79 Å². The molecule has 0 amide bonds. The molecule has 0 aliphatic heterocycles. The van der Waals surface area contributed by atoms with Gasteiger partial charge in [0.2, 0.25) is 0 Å². The quantitative estimate of drug-likeness (QED) is 0.884. The van der Waals surface area contributed by atoms with Gasteiger partial charge in [0.1, 0.15) is 0 Å². The summed E-state index contributed by atoms with van der Waals surface area (Å²) in [5.74, 6) is -1.20. The molecule has 0 aromatic heterocycles. The third kappa shape index (κ3) is 3.57. The van der Waals surface area contributed by atoms with Crippen molar-refractivity contribution in [2.45, 2.75) is 51.1 Å². The molecule has 1 N–H and O–H groups in total. The van der Waals surface area contributed by atoms with E-state index in [4.69, 9.17) is 5.11 Å². The summed E-state index contributed by atoms with van der Waals surface area (Å²) in [4.78, 5) is 13.3. The lowest BCUT2D eigenvalue weighted by atomic mass is 10.00. The Balaban J connectivity index is 1.96. The van der Waals surface area contributed by atoms with Gasteiger partial charge in [-0.1, -0.05) is 37.1 Å². The molecule has 1 aromatic carbocycles. The van der Waals surface area contributed by atoms with Crippen molar-refractivity contribution in [1.82, 2.24) is 4.90 Å². The first-order chi connectivity index (χ1) is 9.08. The van der Waals surface area contributed by atoms with Crippen molar-refractivity contribution in [2.75, 3.05) is 7.05 Å². The highest BCUT2D eigenvalue weighted by Crippen LogP contribution is 2.24. The van der Waals surface area contributed by atoms with Crippen LogP contribution in [0.15, 0.2) is 24.3 Å². The van der Waals surface area contributed by atoms with Crippen LogP contribution in [0, 0.1) is 0 Å². The molecule has 19 heavy (non-hydrogen) atoms. The molecule has 1 unspecified atom stereocenters. The molecule has 0 bridgehead atoms. The van der Waals surface area contributed by atoms with Crippen LogP contribution in [0.2, 0.25) is 0 Å². The summed E-state index contributed by atoms with van der Waals surface area (Å²) in [5.41, 5.74) is 2.13. The van der Waals surface area contributed by atoms with Gasteiger partial charge in [0, 0.05) is 12.6 Å². The maximum absolute atomic E-state index is 10.9. The lowest BCUT2D eigenvalue weighted by Gasteiger charge is -2.24. The molecular weight excluding hydrogens is 238 g/mol. The highest BCUT2D eigenvalue weighted by molar-refractivity contribution is 5.75. The fraction of sp³-hybridized carbons (Fsp3) is 0.562. The Morgan fingerprint density at radius 3 is 2.42 bits per heavy atom. The van der Waals surface area contributed by atoms with Gasteiger partial charge in [-0.2, -0.15) is 0 Å². The summed E-state index contributed by atoms with van der Waals surface area (Å²) in [6.45, 7) is 2.67. The van der Waals surface area contributed by atoms with Gasteiger partial charge < -0.3 is 5.11 Å². The van der Waals surface area contributed by atoms with Crippen LogP contribution in [0.5, 0.6) is 0 Å². The van der Waals surface area contributed by atoms with E-state index in [1.807, 2.05) is 12.1 Å². The molecule has 3 nitrogen and oxygen atoms in total. The molecule has 0 heterocycles. The molecule has 1 aliphatic rings. The summed E-state index contributed by atoms with van der Waals surface area (Å²) in [6, 6.07) is 8.71. The molecule has 1 aliphatic carbocycles. The van der Waals surface area contributed by atoms with Crippen LogP contribution in [-0.4, -0.2) is 29.1 Å². The van der Waals surface area contributed by atoms with Gasteiger partial charge in [-0.25, -0.2) is 0 Å². The van der Waals surface area contributed by atoms with E-state index < -0.39 is 11.9 Å². The molecule has 1 aromatic rings. The fourth-order valence-electron chi connectivity index (χ4n) is 2.82. The lowest BCUT2D eigenvalue weighted by Crippen LogP contribution is -2.28. The molecule has 104 valence electrons. The Morgan fingerprint density at radius 2 is 1.89 bits per heavy atom. The zero-order chi connectivity index (χ0) is 13.8. The van der Waals surface area contributed by atoms with Crippen molar-refractivity contribution in [3.05, 3.63) is 35.4 Å². The predicted octanol–water partition coefficient (Wildman–Crippen LogP) is 3.25. The van der Waals surface area contributed by atoms with Gasteiger partial charge in [0.25, 0.3) is 0 Å². The minimum Gasteiger partial charge on any atom is -0.481 e. The Bertz CT molecular complexity index is 421. The number of carboxylic acids is 1. The van der Waals surface area contributed by atoms with Gasteiger partial charge in [0.15, 0.2) is 0 Å². The van der Waals surface area contributed by atoms with E-state index in [-0.39, 0.29) is 0 Å². The highest BCUT2D eigenvalue weighted by atomic mass is 16.4. The third-order valence-corrected chi connectivity index (χ3v) is 4.23. The minimum absolute atomic E-state index is 0.429. The first-order valence-electron chi connectivity index (χ1n) is 7.10. The molecule has 1 saturated carbocycles. The predicted molar refractivity (Wildman–Crippen MR) is 76.2 cm³/mol. The van der Waals surface area contributed by atoms with Crippen LogP contribution >= 0.6 is 0 Å². The summed E-state index contributed by atoms with van der Waals surface area (Å²) in [5, 5.41) is 8.99. The Hall–Kier alpha value is -1.35. The van der Waals surface area contributed by atoms with Crippen LogP contribution in [-0.2, 0) is 11.3 Å². The number of carboxylic acid groups (broad SMARTS) is 1. The molecule has 3 heteroatoms. The number of nitrogens with zero attached hydrogens (tertiary/aromatic N) is 1. The molecule has 0 radical (unpaired) electrons. The van der Waals surface area contributed by atoms with Gasteiger partial charge in [-0.3, -0.25) is 9.69 Å². The normalized spacial score (nSPS) is 17.8. The number of hydrogen-bond acceptors (Lipinski definition) is 2. The van der Waals surface area contributed by atoms with Crippen molar-refractivity contribution in [1.29, 1.82) is 0 Å². The second-order valence-electron chi connectivity index (χ2n) is 5.65. The average Bonchev–Trinajstić information content (AvgIpc) is 2.92. The smallest absolute Gasteiger partial charge is 0.310 e. The molecule has 0 spiro atoms. The fourth-order valence-corrected chi connectivity index (χ4v) is 2.82. The van der Waals surface area contributed by atoms with Crippen LogP contribution in [0.1, 0.15) is 49.7 Å². The third-order valence-electron chi connectivity index (χ3n) is 4.23. The van der Waals surface area contributed by atoms with Gasteiger partial charge in [-0.15, -0.1) is 0 Å².